The van der Waals surface area contributed by atoms with Gasteiger partial charge in [-0.3, -0.25) is 0 Å². The number of benzene rings is 9. The lowest BCUT2D eigenvalue weighted by molar-refractivity contribution is 1.18. The molecule has 0 saturated heterocycles. The quantitative estimate of drug-likeness (QED) is 0.162. The Morgan fingerprint density at radius 3 is 1.43 bits per heavy atom. The first-order valence-corrected chi connectivity index (χ1v) is 18.5. The highest BCUT2D eigenvalue weighted by molar-refractivity contribution is 6.11. The largest absolute Gasteiger partial charge is 0.310 e. The molecule has 10 aromatic rings. The maximum Gasteiger partial charge on any atom is 0.0561 e. The van der Waals surface area contributed by atoms with Crippen LogP contribution in [0, 0.1) is 0 Å². The zero-order valence-electron chi connectivity index (χ0n) is 29.7. The third-order valence-electron chi connectivity index (χ3n) is 10.6. The van der Waals surface area contributed by atoms with Crippen LogP contribution in [0.25, 0.3) is 71.6 Å². The van der Waals surface area contributed by atoms with Crippen molar-refractivity contribution >= 4 is 49.6 Å². The molecule has 0 N–H and O–H groups in total. The lowest BCUT2D eigenvalue weighted by Gasteiger charge is -2.26. The second-order valence-corrected chi connectivity index (χ2v) is 13.8. The molecule has 1 heterocycles. The average Bonchev–Trinajstić information content (AvgIpc) is 3.58. The van der Waals surface area contributed by atoms with Gasteiger partial charge >= 0.3 is 0 Å². The zero-order valence-corrected chi connectivity index (χ0v) is 29.7. The van der Waals surface area contributed by atoms with E-state index in [9.17, 15) is 0 Å². The summed E-state index contributed by atoms with van der Waals surface area (Å²) in [4.78, 5) is 2.35. The molecule has 0 bridgehead atoms. The van der Waals surface area contributed by atoms with Crippen LogP contribution in [0.1, 0.15) is 0 Å². The van der Waals surface area contributed by atoms with Crippen LogP contribution in [0.15, 0.2) is 218 Å². The molecule has 54 heavy (non-hydrogen) atoms. The van der Waals surface area contributed by atoms with E-state index in [1.165, 1.54) is 66.0 Å². The van der Waals surface area contributed by atoms with E-state index in [-0.39, 0.29) is 0 Å². The highest BCUT2D eigenvalue weighted by atomic mass is 15.1. The van der Waals surface area contributed by atoms with E-state index >= 15 is 0 Å². The first kappa shape index (κ1) is 31.6. The molecule has 2 heteroatoms. The summed E-state index contributed by atoms with van der Waals surface area (Å²) in [6.45, 7) is 0. The number of para-hydroxylation sites is 2. The minimum Gasteiger partial charge on any atom is -0.310 e. The highest BCUT2D eigenvalue weighted by Crippen LogP contribution is 2.41. The molecular formula is C52H36N2. The van der Waals surface area contributed by atoms with Gasteiger partial charge in [0.05, 0.1) is 11.0 Å². The normalized spacial score (nSPS) is 11.3. The van der Waals surface area contributed by atoms with E-state index < -0.39 is 0 Å². The van der Waals surface area contributed by atoms with Crippen LogP contribution in [-0.4, -0.2) is 4.57 Å². The van der Waals surface area contributed by atoms with Gasteiger partial charge in [-0.2, -0.15) is 0 Å². The number of anilines is 3. The van der Waals surface area contributed by atoms with Gasteiger partial charge in [-0.05, 0) is 105 Å². The Labute approximate surface area is 315 Å². The summed E-state index contributed by atoms with van der Waals surface area (Å²) in [6.07, 6.45) is 0. The molecule has 0 aliphatic heterocycles. The van der Waals surface area contributed by atoms with Gasteiger partial charge in [0.15, 0.2) is 0 Å². The summed E-state index contributed by atoms with van der Waals surface area (Å²) in [5.41, 5.74) is 14.1. The van der Waals surface area contributed by atoms with Crippen molar-refractivity contribution in [1.29, 1.82) is 0 Å². The monoisotopic (exact) mass is 688 g/mol. The topological polar surface area (TPSA) is 8.17 Å². The molecular weight excluding hydrogens is 653 g/mol. The molecule has 0 unspecified atom stereocenters. The number of hydrogen-bond donors (Lipinski definition) is 0. The summed E-state index contributed by atoms with van der Waals surface area (Å²) in [5.74, 6) is 0. The second-order valence-electron chi connectivity index (χ2n) is 13.8. The van der Waals surface area contributed by atoms with Crippen molar-refractivity contribution in [3.05, 3.63) is 218 Å². The van der Waals surface area contributed by atoms with Crippen LogP contribution in [0.5, 0.6) is 0 Å². The highest BCUT2D eigenvalue weighted by Gasteiger charge is 2.18. The van der Waals surface area contributed by atoms with Crippen molar-refractivity contribution in [2.45, 2.75) is 0 Å². The molecule has 254 valence electrons. The standard InChI is InChI=1S/C52H36N2/c1-4-12-37(13-5-1)39-26-29-47(30-27-39)53(45-16-6-2-7-17-45)48-31-33-50-49-32-28-44(35-51(49)54(52(50)36-48)46-18-8-3-9-19-46)41-22-20-40(21-23-41)43-25-24-38-14-10-11-15-42(38)34-43/h1-36H. The van der Waals surface area contributed by atoms with Gasteiger partial charge in [0.1, 0.15) is 0 Å². The molecule has 0 radical (unpaired) electrons. The maximum atomic E-state index is 2.42. The Morgan fingerprint density at radius 1 is 0.278 bits per heavy atom. The average molecular weight is 689 g/mol. The van der Waals surface area contributed by atoms with Crippen molar-refractivity contribution in [2.75, 3.05) is 4.90 Å². The minimum absolute atomic E-state index is 1.10. The number of rotatable bonds is 7. The van der Waals surface area contributed by atoms with Crippen LogP contribution >= 0.6 is 0 Å². The van der Waals surface area contributed by atoms with Gasteiger partial charge in [-0.1, -0.05) is 158 Å². The molecule has 0 saturated carbocycles. The van der Waals surface area contributed by atoms with Crippen LogP contribution in [-0.2, 0) is 0 Å². The Morgan fingerprint density at radius 2 is 0.722 bits per heavy atom. The van der Waals surface area contributed by atoms with E-state index in [0.29, 0.717) is 0 Å². The van der Waals surface area contributed by atoms with Gasteiger partial charge < -0.3 is 9.47 Å². The molecule has 0 atom stereocenters. The van der Waals surface area contributed by atoms with E-state index in [1.54, 1.807) is 0 Å². The number of hydrogen-bond acceptors (Lipinski definition) is 1. The van der Waals surface area contributed by atoms with Crippen molar-refractivity contribution < 1.29 is 0 Å². The lowest BCUT2D eigenvalue weighted by Crippen LogP contribution is -2.10. The van der Waals surface area contributed by atoms with Crippen LogP contribution in [0.2, 0.25) is 0 Å². The third-order valence-corrected chi connectivity index (χ3v) is 10.6. The minimum atomic E-state index is 1.10. The fourth-order valence-electron chi connectivity index (χ4n) is 7.86. The first-order chi connectivity index (χ1) is 26.8. The molecule has 0 aliphatic carbocycles. The Balaban J connectivity index is 1.09. The summed E-state index contributed by atoms with van der Waals surface area (Å²) in [5, 5.41) is 4.98. The Hall–Kier alpha value is -7.16. The van der Waals surface area contributed by atoms with Crippen molar-refractivity contribution in [2.24, 2.45) is 0 Å². The van der Waals surface area contributed by atoms with Crippen molar-refractivity contribution in [3.8, 4) is 39.1 Å². The Bertz CT molecular complexity index is 2890. The lowest BCUT2D eigenvalue weighted by atomic mass is 9.98. The summed E-state index contributed by atoms with van der Waals surface area (Å²) >= 11 is 0. The molecule has 0 amide bonds. The van der Waals surface area contributed by atoms with Gasteiger partial charge in [-0.25, -0.2) is 0 Å². The second kappa shape index (κ2) is 13.4. The molecule has 10 rings (SSSR count). The van der Waals surface area contributed by atoms with Crippen LogP contribution < -0.4 is 4.90 Å². The van der Waals surface area contributed by atoms with Crippen LogP contribution in [0.4, 0.5) is 17.1 Å². The number of fused-ring (bicyclic) bond motifs is 4. The maximum absolute atomic E-state index is 2.42. The number of aromatic nitrogens is 1. The van der Waals surface area contributed by atoms with E-state index in [2.05, 4.69) is 228 Å². The third kappa shape index (κ3) is 5.71. The molecule has 0 spiro atoms. The van der Waals surface area contributed by atoms with Gasteiger partial charge in [-0.15, -0.1) is 0 Å². The van der Waals surface area contributed by atoms with Crippen molar-refractivity contribution in [3.63, 3.8) is 0 Å². The Kier molecular flexibility index (Phi) is 7.85. The summed E-state index contributed by atoms with van der Waals surface area (Å²) in [6, 6.07) is 78.9. The molecule has 9 aromatic carbocycles. The van der Waals surface area contributed by atoms with Crippen molar-refractivity contribution in [1.82, 2.24) is 4.57 Å². The molecule has 1 aromatic heterocycles. The van der Waals surface area contributed by atoms with E-state index in [0.717, 1.165) is 22.7 Å². The SMILES string of the molecule is c1ccc(-c2ccc(N(c3ccccc3)c3ccc4c5ccc(-c6ccc(-c7ccc8ccccc8c7)cc6)cc5n(-c5ccccc5)c4c3)cc2)cc1. The smallest absolute Gasteiger partial charge is 0.0561 e. The number of nitrogens with zero attached hydrogens (tertiary/aromatic N) is 2. The summed E-state index contributed by atoms with van der Waals surface area (Å²) in [7, 11) is 0. The van der Waals surface area contributed by atoms with Gasteiger partial charge in [0, 0.05) is 33.5 Å². The van der Waals surface area contributed by atoms with E-state index in [4.69, 9.17) is 0 Å². The van der Waals surface area contributed by atoms with Crippen LogP contribution in [0.3, 0.4) is 0 Å². The first-order valence-electron chi connectivity index (χ1n) is 18.5. The van der Waals surface area contributed by atoms with E-state index in [1.807, 2.05) is 0 Å². The van der Waals surface area contributed by atoms with Gasteiger partial charge in [0.2, 0.25) is 0 Å². The molecule has 2 nitrogen and oxygen atoms in total. The molecule has 0 aliphatic rings. The predicted molar refractivity (Wildman–Crippen MR) is 229 cm³/mol. The molecule has 0 fully saturated rings. The fourth-order valence-corrected chi connectivity index (χ4v) is 7.86. The van der Waals surface area contributed by atoms with Gasteiger partial charge in [0.25, 0.3) is 0 Å². The predicted octanol–water partition coefficient (Wildman–Crippen LogP) is 14.4. The fraction of sp³-hybridized carbons (Fsp3) is 0. The zero-order chi connectivity index (χ0) is 35.8. The summed E-state index contributed by atoms with van der Waals surface area (Å²) < 4.78 is 2.42.